The molecule has 1 amide bonds. The molecule has 0 aliphatic heterocycles. The molecular formula is C24H27N5OS. The highest BCUT2D eigenvalue weighted by atomic mass is 32.1. The van der Waals surface area contributed by atoms with E-state index in [-0.39, 0.29) is 5.91 Å². The summed E-state index contributed by atoms with van der Waals surface area (Å²) in [6.07, 6.45) is 15.0. The van der Waals surface area contributed by atoms with Gasteiger partial charge in [-0.1, -0.05) is 17.7 Å². The molecule has 7 heteroatoms. The topological polar surface area (TPSA) is 72.7 Å². The van der Waals surface area contributed by atoms with Crippen molar-refractivity contribution >= 4 is 17.2 Å². The number of hydrogen-bond acceptors (Lipinski definition) is 5. The van der Waals surface area contributed by atoms with Gasteiger partial charge in [0.05, 0.1) is 23.1 Å². The van der Waals surface area contributed by atoms with Crippen LogP contribution in [0.4, 0.5) is 0 Å². The molecule has 1 aliphatic rings. The Bertz CT molecular complexity index is 1100. The lowest BCUT2D eigenvalue weighted by atomic mass is 9.97. The molecule has 1 N–H and O–H groups in total. The average Bonchev–Trinajstić information content (AvgIpc) is 3.42. The quantitative estimate of drug-likeness (QED) is 0.497. The highest BCUT2D eigenvalue weighted by Crippen LogP contribution is 2.31. The van der Waals surface area contributed by atoms with Crippen LogP contribution in [-0.2, 0) is 6.54 Å². The second-order valence-electron chi connectivity index (χ2n) is 7.67. The Labute approximate surface area is 186 Å². The number of hydrogen-bond donors (Lipinski definition) is 1. The summed E-state index contributed by atoms with van der Waals surface area (Å²) in [5.74, 6) is -0.0846. The molecule has 160 valence electrons. The Morgan fingerprint density at radius 1 is 1.32 bits per heavy atom. The number of amides is 1. The molecule has 1 aliphatic carbocycles. The van der Waals surface area contributed by atoms with Crippen molar-refractivity contribution < 1.29 is 4.79 Å². The smallest absolute Gasteiger partial charge is 0.253 e. The number of nitrogens with one attached hydrogen (secondary N) is 1. The molecule has 0 aromatic carbocycles. The van der Waals surface area contributed by atoms with E-state index < -0.39 is 0 Å². The molecule has 0 atom stereocenters. The van der Waals surface area contributed by atoms with Crippen LogP contribution in [-0.4, -0.2) is 32.0 Å². The number of thiazole rings is 1. The minimum atomic E-state index is -0.0846. The summed E-state index contributed by atoms with van der Waals surface area (Å²) in [6.45, 7) is 6.97. The van der Waals surface area contributed by atoms with Crippen LogP contribution in [0.25, 0.3) is 22.1 Å². The molecule has 0 saturated carbocycles. The molecule has 3 aromatic heterocycles. The van der Waals surface area contributed by atoms with Crippen molar-refractivity contribution in [2.75, 3.05) is 6.54 Å². The van der Waals surface area contributed by atoms with Crippen LogP contribution in [0.15, 0.2) is 54.3 Å². The van der Waals surface area contributed by atoms with Gasteiger partial charge in [-0.05, 0) is 45.1 Å². The van der Waals surface area contributed by atoms with Gasteiger partial charge < -0.3 is 9.88 Å². The van der Waals surface area contributed by atoms with E-state index in [2.05, 4.69) is 32.5 Å². The molecule has 3 heterocycles. The molecule has 0 fully saturated rings. The maximum atomic E-state index is 12.7. The normalized spacial score (nSPS) is 13.6. The lowest BCUT2D eigenvalue weighted by Gasteiger charge is -2.15. The maximum Gasteiger partial charge on any atom is 0.253 e. The van der Waals surface area contributed by atoms with Crippen molar-refractivity contribution in [3.8, 4) is 22.1 Å². The Morgan fingerprint density at radius 2 is 2.23 bits per heavy atom. The van der Waals surface area contributed by atoms with E-state index in [1.54, 1.807) is 24.7 Å². The zero-order valence-corrected chi connectivity index (χ0v) is 18.6. The molecule has 0 spiro atoms. The summed E-state index contributed by atoms with van der Waals surface area (Å²) in [5, 5.41) is 5.75. The second-order valence-corrected chi connectivity index (χ2v) is 8.52. The van der Waals surface area contributed by atoms with Crippen molar-refractivity contribution in [2.45, 2.75) is 45.6 Å². The number of carbonyl (C=O) groups excluding carboxylic acids is 1. The average molecular weight is 434 g/mol. The lowest BCUT2D eigenvalue weighted by Crippen LogP contribution is -2.23. The van der Waals surface area contributed by atoms with Gasteiger partial charge in [-0.2, -0.15) is 0 Å². The van der Waals surface area contributed by atoms with Crippen molar-refractivity contribution in [3.05, 3.63) is 65.6 Å². The van der Waals surface area contributed by atoms with Crippen molar-refractivity contribution in [2.24, 2.45) is 0 Å². The SMILES string of the molecule is C=CCNC(=O)c1cc(-c2csc(-c3cnccn3)n2)n(CCC2=CCCCC2)c1C. The highest BCUT2D eigenvalue weighted by Gasteiger charge is 2.20. The monoisotopic (exact) mass is 433 g/mol. The molecule has 0 bridgehead atoms. The van der Waals surface area contributed by atoms with Crippen molar-refractivity contribution in [1.29, 1.82) is 0 Å². The summed E-state index contributed by atoms with van der Waals surface area (Å²) in [7, 11) is 0. The van der Waals surface area contributed by atoms with Gasteiger partial charge in [0, 0.05) is 36.6 Å². The Balaban J connectivity index is 1.67. The number of carbonyl (C=O) groups is 1. The first-order valence-electron chi connectivity index (χ1n) is 10.7. The number of aromatic nitrogens is 4. The van der Waals surface area contributed by atoms with Gasteiger partial charge >= 0.3 is 0 Å². The molecular weight excluding hydrogens is 406 g/mol. The molecule has 6 nitrogen and oxygen atoms in total. The first kappa shape index (κ1) is 21.2. The fraction of sp³-hybridized carbons (Fsp3) is 0.333. The van der Waals surface area contributed by atoms with Crippen LogP contribution < -0.4 is 5.32 Å². The van der Waals surface area contributed by atoms with Crippen molar-refractivity contribution in [1.82, 2.24) is 24.8 Å². The van der Waals surface area contributed by atoms with Gasteiger partial charge in [0.25, 0.3) is 5.91 Å². The first-order chi connectivity index (χ1) is 15.2. The fourth-order valence-corrected chi connectivity index (χ4v) is 4.72. The zero-order valence-electron chi connectivity index (χ0n) is 17.8. The first-order valence-corrected chi connectivity index (χ1v) is 11.5. The van der Waals surface area contributed by atoms with E-state index >= 15 is 0 Å². The zero-order chi connectivity index (χ0) is 21.6. The standard InChI is InChI=1S/C24H27N5OS/c1-3-10-27-23(30)19-14-22(21-16-31-24(28-21)20-15-25-11-12-26-20)29(17(19)2)13-9-18-7-5-4-6-8-18/h3,7,11-12,14-16H,1,4-6,8-10,13H2,2H3,(H,27,30). The summed E-state index contributed by atoms with van der Waals surface area (Å²) in [4.78, 5) is 26.1. The van der Waals surface area contributed by atoms with Crippen LogP contribution in [0.3, 0.4) is 0 Å². The van der Waals surface area contributed by atoms with Gasteiger partial charge in [0.1, 0.15) is 10.7 Å². The third kappa shape index (κ3) is 4.82. The minimum Gasteiger partial charge on any atom is -0.349 e. The summed E-state index contributed by atoms with van der Waals surface area (Å²) in [5.41, 5.74) is 5.73. The molecule has 31 heavy (non-hydrogen) atoms. The minimum absolute atomic E-state index is 0.0846. The second kappa shape index (κ2) is 9.83. The van der Waals surface area contributed by atoms with E-state index in [1.165, 1.54) is 42.6 Å². The van der Waals surface area contributed by atoms with Gasteiger partial charge in [-0.25, -0.2) is 4.98 Å². The van der Waals surface area contributed by atoms with Crippen molar-refractivity contribution in [3.63, 3.8) is 0 Å². The Morgan fingerprint density at radius 3 is 2.97 bits per heavy atom. The Kier molecular flexibility index (Phi) is 6.72. The third-order valence-electron chi connectivity index (χ3n) is 5.61. The molecule has 0 unspecified atom stereocenters. The highest BCUT2D eigenvalue weighted by molar-refractivity contribution is 7.13. The summed E-state index contributed by atoms with van der Waals surface area (Å²) < 4.78 is 2.23. The van der Waals surface area contributed by atoms with Gasteiger partial charge in [-0.15, -0.1) is 17.9 Å². The summed E-state index contributed by atoms with van der Waals surface area (Å²) in [6, 6.07) is 1.96. The molecule has 3 aromatic rings. The van der Waals surface area contributed by atoms with Crippen LogP contribution in [0.1, 0.15) is 48.2 Å². The molecule has 0 radical (unpaired) electrons. The van der Waals surface area contributed by atoms with Crippen LogP contribution in [0.5, 0.6) is 0 Å². The van der Waals surface area contributed by atoms with E-state index in [0.29, 0.717) is 12.1 Å². The van der Waals surface area contributed by atoms with E-state index in [0.717, 1.165) is 40.7 Å². The van der Waals surface area contributed by atoms with Crippen LogP contribution >= 0.6 is 11.3 Å². The van der Waals surface area contributed by atoms with Gasteiger partial charge in [0.15, 0.2) is 0 Å². The number of rotatable bonds is 8. The Hall–Kier alpha value is -3.06. The fourth-order valence-electron chi connectivity index (χ4n) is 3.94. The predicted octanol–water partition coefficient (Wildman–Crippen LogP) is 5.18. The third-order valence-corrected chi connectivity index (χ3v) is 6.47. The number of allylic oxidation sites excluding steroid dienone is 2. The van der Waals surface area contributed by atoms with E-state index in [4.69, 9.17) is 4.98 Å². The largest absolute Gasteiger partial charge is 0.349 e. The molecule has 0 saturated heterocycles. The summed E-state index contributed by atoms with van der Waals surface area (Å²) >= 11 is 1.54. The predicted molar refractivity (Wildman–Crippen MR) is 125 cm³/mol. The van der Waals surface area contributed by atoms with E-state index in [1.807, 2.05) is 18.4 Å². The van der Waals surface area contributed by atoms with E-state index in [9.17, 15) is 4.79 Å². The van der Waals surface area contributed by atoms with Gasteiger partial charge in [0.2, 0.25) is 0 Å². The van der Waals surface area contributed by atoms with Crippen LogP contribution in [0, 0.1) is 6.92 Å². The van der Waals surface area contributed by atoms with Gasteiger partial charge in [-0.3, -0.25) is 14.8 Å². The number of nitrogens with zero attached hydrogens (tertiary/aromatic N) is 4. The maximum absolute atomic E-state index is 12.7. The van der Waals surface area contributed by atoms with Crippen LogP contribution in [0.2, 0.25) is 0 Å². The lowest BCUT2D eigenvalue weighted by molar-refractivity contribution is 0.0957. The molecule has 4 rings (SSSR count).